The van der Waals surface area contributed by atoms with Gasteiger partial charge in [0.15, 0.2) is 5.13 Å². The molecule has 37 heavy (non-hydrogen) atoms. The van der Waals surface area contributed by atoms with Gasteiger partial charge in [-0.25, -0.2) is 4.98 Å². The smallest absolute Gasteiger partial charge is 0.245 e. The van der Waals surface area contributed by atoms with Gasteiger partial charge in [-0.2, -0.15) is 0 Å². The maximum atomic E-state index is 13.0. The van der Waals surface area contributed by atoms with Gasteiger partial charge in [-0.05, 0) is 31.2 Å². The van der Waals surface area contributed by atoms with Crippen molar-refractivity contribution in [2.45, 2.75) is 64.0 Å². The Balaban J connectivity index is 1.07. The van der Waals surface area contributed by atoms with Crippen LogP contribution in [0, 0.1) is 5.92 Å². The van der Waals surface area contributed by atoms with Crippen molar-refractivity contribution in [3.8, 4) is 0 Å². The molecule has 2 aliphatic carbocycles. The van der Waals surface area contributed by atoms with Crippen LogP contribution < -0.4 is 5.32 Å². The van der Waals surface area contributed by atoms with E-state index in [1.54, 1.807) is 4.90 Å². The largest absolute Gasteiger partial charge is 0.340 e. The van der Waals surface area contributed by atoms with Crippen LogP contribution in [0.4, 0.5) is 5.13 Å². The predicted octanol–water partition coefficient (Wildman–Crippen LogP) is 3.54. The average molecular weight is 524 g/mol. The lowest BCUT2D eigenvalue weighted by Gasteiger charge is -2.34. The molecule has 3 amide bonds. The van der Waals surface area contributed by atoms with Gasteiger partial charge in [0, 0.05) is 50.1 Å². The van der Waals surface area contributed by atoms with Crippen LogP contribution in [0.25, 0.3) is 0 Å². The summed E-state index contributed by atoms with van der Waals surface area (Å²) in [4.78, 5) is 49.2. The van der Waals surface area contributed by atoms with Gasteiger partial charge in [0.05, 0.1) is 12.1 Å². The first-order valence-electron chi connectivity index (χ1n) is 13.6. The lowest BCUT2D eigenvalue weighted by atomic mass is 9.88. The molecule has 1 aromatic carbocycles. The fourth-order valence-corrected chi connectivity index (χ4v) is 6.11. The van der Waals surface area contributed by atoms with Crippen LogP contribution >= 0.6 is 11.3 Å². The minimum Gasteiger partial charge on any atom is -0.340 e. The molecule has 3 fully saturated rings. The highest BCUT2D eigenvalue weighted by atomic mass is 32.1. The summed E-state index contributed by atoms with van der Waals surface area (Å²) in [7, 11) is 0. The van der Waals surface area contributed by atoms with Crippen LogP contribution in [0.1, 0.15) is 56.2 Å². The van der Waals surface area contributed by atoms with Gasteiger partial charge in [0.1, 0.15) is 6.54 Å². The third-order valence-electron chi connectivity index (χ3n) is 7.64. The first-order chi connectivity index (χ1) is 18.0. The molecule has 3 aliphatic rings. The van der Waals surface area contributed by atoms with Crippen LogP contribution in [0.5, 0.6) is 0 Å². The summed E-state index contributed by atoms with van der Waals surface area (Å²) < 4.78 is 0. The number of amides is 3. The molecule has 8 nitrogen and oxygen atoms in total. The third-order valence-corrected chi connectivity index (χ3v) is 8.45. The molecule has 0 atom stereocenters. The number of nitrogens with zero attached hydrogens (tertiary/aromatic N) is 4. The van der Waals surface area contributed by atoms with Crippen LogP contribution in [0.15, 0.2) is 35.7 Å². The second-order valence-corrected chi connectivity index (χ2v) is 11.4. The first-order valence-corrected chi connectivity index (χ1v) is 14.5. The van der Waals surface area contributed by atoms with Gasteiger partial charge in [-0.3, -0.25) is 19.3 Å². The molecule has 2 saturated carbocycles. The Bertz CT molecular complexity index is 1070. The summed E-state index contributed by atoms with van der Waals surface area (Å²) in [6.45, 7) is 4.13. The molecule has 2 aromatic rings. The van der Waals surface area contributed by atoms with E-state index in [0.29, 0.717) is 23.9 Å². The number of nitrogens with one attached hydrogen (secondary N) is 1. The number of piperazine rings is 1. The molecule has 0 spiro atoms. The Morgan fingerprint density at radius 1 is 0.973 bits per heavy atom. The Kier molecular flexibility index (Phi) is 8.51. The summed E-state index contributed by atoms with van der Waals surface area (Å²) in [6, 6.07) is 10.6. The number of carbonyl (C=O) groups is 3. The molecule has 9 heteroatoms. The molecule has 0 bridgehead atoms. The zero-order chi connectivity index (χ0) is 25.6. The number of rotatable bonds is 9. The van der Waals surface area contributed by atoms with Gasteiger partial charge in [0.2, 0.25) is 17.7 Å². The van der Waals surface area contributed by atoms with E-state index < -0.39 is 0 Å². The minimum atomic E-state index is -0.210. The summed E-state index contributed by atoms with van der Waals surface area (Å²) in [5.74, 6) is 0.0739. The molecule has 1 N–H and O–H groups in total. The van der Waals surface area contributed by atoms with E-state index >= 15 is 0 Å². The van der Waals surface area contributed by atoms with Gasteiger partial charge in [-0.1, -0.05) is 49.6 Å². The SMILES string of the molecule is O=C(CN(C(=O)C1CCCCC1)C1CC1)Nc1nc(CC(=O)N2CCN(Cc3ccccc3)CC2)cs1. The number of carbonyl (C=O) groups excluding carboxylic acids is 3. The molecule has 1 aromatic heterocycles. The van der Waals surface area contributed by atoms with E-state index in [1.807, 2.05) is 16.3 Å². The third kappa shape index (κ3) is 7.17. The molecule has 1 saturated heterocycles. The van der Waals surface area contributed by atoms with Crippen LogP contribution in [-0.2, 0) is 27.3 Å². The monoisotopic (exact) mass is 523 g/mol. The number of hydrogen-bond acceptors (Lipinski definition) is 6. The Hall–Kier alpha value is -2.78. The lowest BCUT2D eigenvalue weighted by Crippen LogP contribution is -2.48. The van der Waals surface area contributed by atoms with Crippen LogP contribution in [0.3, 0.4) is 0 Å². The number of hydrogen-bond donors (Lipinski definition) is 1. The highest BCUT2D eigenvalue weighted by Crippen LogP contribution is 2.32. The highest BCUT2D eigenvalue weighted by Gasteiger charge is 2.37. The molecule has 1 aliphatic heterocycles. The van der Waals surface area contributed by atoms with Crippen molar-refractivity contribution in [2.75, 3.05) is 38.0 Å². The van der Waals surface area contributed by atoms with Crippen LogP contribution in [0.2, 0.25) is 0 Å². The highest BCUT2D eigenvalue weighted by molar-refractivity contribution is 7.13. The van der Waals surface area contributed by atoms with Crippen molar-refractivity contribution >= 4 is 34.2 Å². The van der Waals surface area contributed by atoms with E-state index in [2.05, 4.69) is 39.5 Å². The molecular weight excluding hydrogens is 486 g/mol. The normalized spacial score (nSPS) is 19.0. The van der Waals surface area contributed by atoms with Gasteiger partial charge in [-0.15, -0.1) is 11.3 Å². The maximum absolute atomic E-state index is 13.0. The van der Waals surface area contributed by atoms with E-state index in [4.69, 9.17) is 0 Å². The van der Waals surface area contributed by atoms with E-state index in [9.17, 15) is 14.4 Å². The minimum absolute atomic E-state index is 0.0693. The second kappa shape index (κ2) is 12.2. The molecular formula is C28H37N5O3S. The fourth-order valence-electron chi connectivity index (χ4n) is 5.38. The summed E-state index contributed by atoms with van der Waals surface area (Å²) in [5, 5.41) is 5.18. The topological polar surface area (TPSA) is 85.8 Å². The number of anilines is 1. The van der Waals surface area contributed by atoms with Gasteiger partial charge < -0.3 is 15.1 Å². The molecule has 2 heterocycles. The van der Waals surface area contributed by atoms with Crippen molar-refractivity contribution < 1.29 is 14.4 Å². The Labute approximate surface area is 223 Å². The van der Waals surface area contributed by atoms with Gasteiger partial charge in [0.25, 0.3) is 0 Å². The zero-order valence-corrected chi connectivity index (χ0v) is 22.3. The van der Waals surface area contributed by atoms with Crippen molar-refractivity contribution in [2.24, 2.45) is 5.92 Å². The quantitative estimate of drug-likeness (QED) is 0.544. The van der Waals surface area contributed by atoms with Crippen molar-refractivity contribution in [1.82, 2.24) is 19.7 Å². The number of benzene rings is 1. The standard InChI is InChI=1S/C28H37N5O3S/c34-25(19-33(24-11-12-24)27(36)22-9-5-2-6-10-22)30-28-29-23(20-37-28)17-26(35)32-15-13-31(14-16-32)18-21-7-3-1-4-8-21/h1,3-4,7-8,20,22,24H,2,5-6,9-19H2,(H,29,30,34). The van der Waals surface area contributed by atoms with Crippen molar-refractivity contribution in [3.63, 3.8) is 0 Å². The zero-order valence-electron chi connectivity index (χ0n) is 21.4. The Morgan fingerprint density at radius 2 is 1.70 bits per heavy atom. The van der Waals surface area contributed by atoms with E-state index in [1.165, 1.54) is 23.3 Å². The maximum Gasteiger partial charge on any atom is 0.245 e. The van der Waals surface area contributed by atoms with Crippen LogP contribution in [-0.4, -0.2) is 76.2 Å². The fraction of sp³-hybridized carbons (Fsp3) is 0.571. The van der Waals surface area contributed by atoms with E-state index in [-0.39, 0.29) is 42.6 Å². The van der Waals surface area contributed by atoms with Crippen molar-refractivity contribution in [3.05, 3.63) is 47.0 Å². The van der Waals surface area contributed by atoms with Gasteiger partial charge >= 0.3 is 0 Å². The van der Waals surface area contributed by atoms with E-state index in [0.717, 1.165) is 58.2 Å². The summed E-state index contributed by atoms with van der Waals surface area (Å²) in [5.41, 5.74) is 1.97. The summed E-state index contributed by atoms with van der Waals surface area (Å²) >= 11 is 1.33. The molecule has 198 valence electrons. The number of aromatic nitrogens is 1. The summed E-state index contributed by atoms with van der Waals surface area (Å²) in [6.07, 6.45) is 7.49. The lowest BCUT2D eigenvalue weighted by molar-refractivity contribution is -0.139. The molecule has 0 radical (unpaired) electrons. The average Bonchev–Trinajstić information content (AvgIpc) is 3.68. The molecule has 0 unspecified atom stereocenters. The molecule has 5 rings (SSSR count). The van der Waals surface area contributed by atoms with Crippen molar-refractivity contribution in [1.29, 1.82) is 0 Å². The predicted molar refractivity (Wildman–Crippen MR) is 144 cm³/mol. The second-order valence-electron chi connectivity index (χ2n) is 10.5. The Morgan fingerprint density at radius 3 is 2.41 bits per heavy atom. The number of thiazole rings is 1. The first kappa shape index (κ1) is 25.9.